The Balaban J connectivity index is 2.17. The van der Waals surface area contributed by atoms with E-state index in [-0.39, 0.29) is 28.6 Å². The second kappa shape index (κ2) is 13.0. The Hall–Kier alpha value is -4.16. The van der Waals surface area contributed by atoms with Gasteiger partial charge in [-0.15, -0.1) is 0 Å². The number of nitrogens with one attached hydrogen (secondary N) is 1. The number of ether oxygens (including phenoxy) is 1. The van der Waals surface area contributed by atoms with Gasteiger partial charge in [-0.05, 0) is 50.6 Å². The summed E-state index contributed by atoms with van der Waals surface area (Å²) in [5.41, 5.74) is 1.49. The van der Waals surface area contributed by atoms with E-state index in [1.807, 2.05) is 25.1 Å². The molecule has 11 nitrogen and oxygen atoms in total. The maximum Gasteiger partial charge on any atom is 0.273 e. The number of nitro benzene ring substituents is 1. The van der Waals surface area contributed by atoms with Crippen LogP contribution < -0.4 is 14.4 Å². The van der Waals surface area contributed by atoms with Crippen LogP contribution in [0.25, 0.3) is 0 Å². The lowest BCUT2D eigenvalue weighted by molar-refractivity contribution is -0.385. The number of rotatable bonds is 11. The molecule has 0 aliphatic carbocycles. The molecule has 0 bridgehead atoms. The minimum absolute atomic E-state index is 0.0195. The number of sulfonamides is 1. The highest BCUT2D eigenvalue weighted by molar-refractivity contribution is 7.92. The maximum absolute atomic E-state index is 14.1. The van der Waals surface area contributed by atoms with Crippen LogP contribution in [-0.2, 0) is 26.2 Å². The number of nitrogens with zero attached hydrogens (tertiary/aromatic N) is 3. The van der Waals surface area contributed by atoms with Gasteiger partial charge in [-0.25, -0.2) is 8.42 Å². The molecule has 1 N–H and O–H groups in total. The lowest BCUT2D eigenvalue weighted by Gasteiger charge is -2.32. The minimum Gasteiger partial charge on any atom is -0.495 e. The number of amides is 2. The molecule has 1 atom stereocenters. The van der Waals surface area contributed by atoms with Crippen molar-refractivity contribution in [3.63, 3.8) is 0 Å². The van der Waals surface area contributed by atoms with E-state index in [1.54, 1.807) is 6.07 Å². The van der Waals surface area contributed by atoms with E-state index < -0.39 is 49.9 Å². The third-order valence-corrected chi connectivity index (χ3v) is 8.49. The van der Waals surface area contributed by atoms with Crippen LogP contribution >= 0.6 is 11.6 Å². The molecule has 0 aliphatic rings. The number of hydrogen-bond donors (Lipinski definition) is 1. The first-order valence-corrected chi connectivity index (χ1v) is 14.3. The van der Waals surface area contributed by atoms with Gasteiger partial charge >= 0.3 is 0 Å². The number of anilines is 1. The maximum atomic E-state index is 14.1. The first-order valence-electron chi connectivity index (χ1n) is 12.5. The predicted molar refractivity (Wildman–Crippen MR) is 156 cm³/mol. The van der Waals surface area contributed by atoms with E-state index in [9.17, 15) is 28.1 Å². The van der Waals surface area contributed by atoms with Crippen molar-refractivity contribution in [3.05, 3.63) is 92.5 Å². The zero-order valence-corrected chi connectivity index (χ0v) is 24.8. The summed E-state index contributed by atoms with van der Waals surface area (Å²) in [6.45, 7) is 4.17. The SMILES string of the molecule is CNC(=O)C(C)N(Cc1cccc(C)c1)C(=O)CN(c1cc(Cl)ccc1OC)S(=O)(=O)c1ccc(C)c([N+](=O)[O-])c1. The molecule has 0 aliphatic heterocycles. The Kier molecular flexibility index (Phi) is 9.95. The van der Waals surface area contributed by atoms with Gasteiger partial charge in [0.1, 0.15) is 18.3 Å². The van der Waals surface area contributed by atoms with Gasteiger partial charge in [-0.3, -0.25) is 24.0 Å². The van der Waals surface area contributed by atoms with Crippen molar-refractivity contribution in [1.29, 1.82) is 0 Å². The fourth-order valence-corrected chi connectivity index (χ4v) is 5.85. The van der Waals surface area contributed by atoms with Gasteiger partial charge in [0.2, 0.25) is 11.8 Å². The number of likely N-dealkylation sites (N-methyl/N-ethyl adjacent to an activating group) is 1. The van der Waals surface area contributed by atoms with Gasteiger partial charge in [0.05, 0.1) is 22.6 Å². The molecule has 0 saturated heterocycles. The Morgan fingerprint density at radius 2 is 1.80 bits per heavy atom. The summed E-state index contributed by atoms with van der Waals surface area (Å²) in [4.78, 5) is 38.3. The van der Waals surface area contributed by atoms with Gasteiger partial charge in [0.15, 0.2) is 0 Å². The van der Waals surface area contributed by atoms with Crippen molar-refractivity contribution >= 4 is 44.8 Å². The number of halogens is 1. The number of benzene rings is 3. The van der Waals surface area contributed by atoms with Gasteiger partial charge < -0.3 is 15.0 Å². The molecule has 0 aromatic heterocycles. The highest BCUT2D eigenvalue weighted by Crippen LogP contribution is 2.36. The number of carbonyl (C=O) groups is 2. The molecule has 0 heterocycles. The molecular formula is C28H31ClN4O7S. The Morgan fingerprint density at radius 3 is 2.41 bits per heavy atom. The van der Waals surface area contributed by atoms with Crippen molar-refractivity contribution < 1.29 is 27.7 Å². The summed E-state index contributed by atoms with van der Waals surface area (Å²) >= 11 is 6.22. The van der Waals surface area contributed by atoms with Crippen LogP contribution in [0.2, 0.25) is 5.02 Å². The highest BCUT2D eigenvalue weighted by atomic mass is 35.5. The van der Waals surface area contributed by atoms with Crippen LogP contribution in [0.3, 0.4) is 0 Å². The zero-order chi connectivity index (χ0) is 30.5. The number of carbonyl (C=O) groups excluding carboxylic acids is 2. The van der Waals surface area contributed by atoms with Crippen LogP contribution in [0.5, 0.6) is 5.75 Å². The summed E-state index contributed by atoms with van der Waals surface area (Å²) in [5.74, 6) is -1.05. The molecule has 0 fully saturated rings. The smallest absolute Gasteiger partial charge is 0.273 e. The molecule has 1 unspecified atom stereocenters. The fraction of sp³-hybridized carbons (Fsp3) is 0.286. The van der Waals surface area contributed by atoms with E-state index in [4.69, 9.17) is 16.3 Å². The molecule has 0 radical (unpaired) electrons. The van der Waals surface area contributed by atoms with E-state index in [0.29, 0.717) is 0 Å². The molecule has 0 spiro atoms. The summed E-state index contributed by atoms with van der Waals surface area (Å²) in [6, 6.07) is 14.1. The monoisotopic (exact) mass is 602 g/mol. The lowest BCUT2D eigenvalue weighted by atomic mass is 10.1. The quantitative estimate of drug-likeness (QED) is 0.256. The van der Waals surface area contributed by atoms with Crippen molar-refractivity contribution in [3.8, 4) is 5.75 Å². The molecule has 3 rings (SSSR count). The van der Waals surface area contributed by atoms with E-state index >= 15 is 0 Å². The Morgan fingerprint density at radius 1 is 1.10 bits per heavy atom. The number of hydrogen-bond acceptors (Lipinski definition) is 7. The van der Waals surface area contributed by atoms with Crippen molar-refractivity contribution in [2.75, 3.05) is 25.0 Å². The fourth-order valence-electron chi connectivity index (χ4n) is 4.24. The molecule has 3 aromatic rings. The number of methoxy groups -OCH3 is 1. The Labute approximate surface area is 243 Å². The molecule has 2 amide bonds. The molecular weight excluding hydrogens is 572 g/mol. The number of aryl methyl sites for hydroxylation is 2. The Bertz CT molecular complexity index is 1580. The van der Waals surface area contributed by atoms with Crippen LogP contribution in [-0.4, -0.2) is 56.8 Å². The van der Waals surface area contributed by atoms with Gasteiger partial charge in [0, 0.05) is 30.2 Å². The van der Waals surface area contributed by atoms with Crippen molar-refractivity contribution in [1.82, 2.24) is 10.2 Å². The van der Waals surface area contributed by atoms with Gasteiger partial charge in [0.25, 0.3) is 15.7 Å². The third kappa shape index (κ3) is 7.14. The minimum atomic E-state index is -4.59. The molecule has 3 aromatic carbocycles. The summed E-state index contributed by atoms with van der Waals surface area (Å²) in [6.07, 6.45) is 0. The zero-order valence-electron chi connectivity index (χ0n) is 23.3. The van der Waals surface area contributed by atoms with Gasteiger partial charge in [-0.1, -0.05) is 47.5 Å². The van der Waals surface area contributed by atoms with E-state index in [0.717, 1.165) is 21.5 Å². The average molecular weight is 603 g/mol. The first kappa shape index (κ1) is 31.4. The second-order valence-corrected chi connectivity index (χ2v) is 11.6. The highest BCUT2D eigenvalue weighted by Gasteiger charge is 2.34. The first-order chi connectivity index (χ1) is 19.3. The molecule has 0 saturated carbocycles. The van der Waals surface area contributed by atoms with Crippen molar-refractivity contribution in [2.45, 2.75) is 38.3 Å². The summed E-state index contributed by atoms with van der Waals surface area (Å²) in [7, 11) is -1.83. The lowest BCUT2D eigenvalue weighted by Crippen LogP contribution is -2.50. The standard InChI is InChI=1S/C28H31ClN4O7S/c1-18-7-6-8-21(13-18)16-31(20(3)28(35)30-4)27(34)17-32(25-14-22(29)10-12-26(25)40-5)41(38,39)23-11-9-19(2)24(15-23)33(36)37/h6-15,20H,16-17H2,1-5H3,(H,30,35). The van der Waals surface area contributed by atoms with Crippen LogP contribution in [0.15, 0.2) is 65.6 Å². The topological polar surface area (TPSA) is 139 Å². The predicted octanol–water partition coefficient (Wildman–Crippen LogP) is 4.23. The van der Waals surface area contributed by atoms with Gasteiger partial charge in [-0.2, -0.15) is 0 Å². The normalized spacial score (nSPS) is 11.9. The average Bonchev–Trinajstić information content (AvgIpc) is 2.93. The van der Waals surface area contributed by atoms with Crippen molar-refractivity contribution in [2.24, 2.45) is 0 Å². The molecule has 13 heteroatoms. The summed E-state index contributed by atoms with van der Waals surface area (Å²) < 4.78 is 34.3. The van der Waals surface area contributed by atoms with Crippen LogP contribution in [0, 0.1) is 24.0 Å². The molecule has 218 valence electrons. The van der Waals surface area contributed by atoms with E-state index in [2.05, 4.69) is 5.32 Å². The second-order valence-electron chi connectivity index (χ2n) is 9.33. The van der Waals surface area contributed by atoms with Crippen LogP contribution in [0.1, 0.15) is 23.6 Å². The number of nitro groups is 1. The summed E-state index contributed by atoms with van der Waals surface area (Å²) in [5, 5.41) is 14.3. The largest absolute Gasteiger partial charge is 0.495 e. The molecule has 41 heavy (non-hydrogen) atoms. The van der Waals surface area contributed by atoms with Crippen LogP contribution in [0.4, 0.5) is 11.4 Å². The third-order valence-electron chi connectivity index (χ3n) is 6.50. The van der Waals surface area contributed by atoms with E-state index in [1.165, 1.54) is 63.2 Å².